The van der Waals surface area contributed by atoms with E-state index in [0.717, 1.165) is 11.1 Å². The van der Waals surface area contributed by atoms with Crippen LogP contribution in [0.25, 0.3) is 0 Å². The number of β-amino-alcohol motifs (C(OH)–C–C–N with tert-alkyl or cyclic N) is 1. The van der Waals surface area contributed by atoms with E-state index in [4.69, 9.17) is 0 Å². The highest BCUT2D eigenvalue weighted by molar-refractivity contribution is 6.06. The fourth-order valence-corrected chi connectivity index (χ4v) is 5.27. The molecule has 180 valence electrons. The van der Waals surface area contributed by atoms with Gasteiger partial charge in [-0.3, -0.25) is 24.3 Å². The van der Waals surface area contributed by atoms with Gasteiger partial charge in [-0.05, 0) is 29.7 Å². The van der Waals surface area contributed by atoms with E-state index >= 15 is 0 Å². The molecule has 1 N–H and O–H groups in total. The standard InChI is InChI=1S/C24H24F3N3O4/c25-24(26,27)34-19-8-6-17(7-9-19)11-28-14-23(15-28)22(33)29(12-16-4-2-1-3-5-16)21(32)20-10-18(31)13-30(20)23/h1-9,18,20,31H,10-15H2/t18-,20+/m1/s1. The van der Waals surface area contributed by atoms with Crippen LogP contribution in [0.2, 0.25) is 0 Å². The van der Waals surface area contributed by atoms with Gasteiger partial charge in [-0.2, -0.15) is 0 Å². The van der Waals surface area contributed by atoms with Gasteiger partial charge in [0.1, 0.15) is 11.3 Å². The third-order valence-corrected chi connectivity index (χ3v) is 6.74. The summed E-state index contributed by atoms with van der Waals surface area (Å²) in [4.78, 5) is 31.9. The van der Waals surface area contributed by atoms with Crippen LogP contribution in [0.3, 0.4) is 0 Å². The maximum Gasteiger partial charge on any atom is 0.573 e. The topological polar surface area (TPSA) is 73.3 Å². The van der Waals surface area contributed by atoms with E-state index in [1.807, 2.05) is 40.1 Å². The average Bonchev–Trinajstić information content (AvgIpc) is 3.16. The molecule has 0 unspecified atom stereocenters. The first-order valence-corrected chi connectivity index (χ1v) is 11.1. The molecule has 0 bridgehead atoms. The van der Waals surface area contributed by atoms with Gasteiger partial charge in [0.05, 0.1) is 18.7 Å². The predicted octanol–water partition coefficient (Wildman–Crippen LogP) is 2.14. The Labute approximate surface area is 194 Å². The van der Waals surface area contributed by atoms with Crippen molar-refractivity contribution in [1.29, 1.82) is 0 Å². The number of piperazine rings is 1. The molecule has 10 heteroatoms. The number of ether oxygens (including phenoxy) is 1. The van der Waals surface area contributed by atoms with Gasteiger partial charge in [-0.25, -0.2) is 0 Å². The number of amides is 2. The van der Waals surface area contributed by atoms with E-state index in [-0.39, 0.29) is 30.7 Å². The number of hydrogen-bond donors (Lipinski definition) is 1. The number of benzene rings is 2. The van der Waals surface area contributed by atoms with Gasteiger partial charge in [-0.1, -0.05) is 42.5 Å². The summed E-state index contributed by atoms with van der Waals surface area (Å²) < 4.78 is 41.0. The van der Waals surface area contributed by atoms with Crippen molar-refractivity contribution in [1.82, 2.24) is 14.7 Å². The number of aliphatic hydroxyl groups is 1. The normalized spacial score (nSPS) is 24.9. The largest absolute Gasteiger partial charge is 0.573 e. The predicted molar refractivity (Wildman–Crippen MR) is 114 cm³/mol. The number of fused-ring (bicyclic) bond motifs is 2. The maximum absolute atomic E-state index is 13.6. The van der Waals surface area contributed by atoms with E-state index in [0.29, 0.717) is 26.1 Å². The van der Waals surface area contributed by atoms with Gasteiger partial charge in [0.15, 0.2) is 0 Å². The third kappa shape index (κ3) is 4.17. The minimum absolute atomic E-state index is 0.182. The second kappa shape index (κ2) is 8.37. The lowest BCUT2D eigenvalue weighted by Crippen LogP contribution is -2.81. The third-order valence-electron chi connectivity index (χ3n) is 6.74. The van der Waals surface area contributed by atoms with E-state index in [9.17, 15) is 27.9 Å². The quantitative estimate of drug-likeness (QED) is 0.669. The Morgan fingerprint density at radius 2 is 1.62 bits per heavy atom. The van der Waals surface area contributed by atoms with Crippen molar-refractivity contribution < 1.29 is 32.6 Å². The maximum atomic E-state index is 13.6. The highest BCUT2D eigenvalue weighted by atomic mass is 19.4. The number of hydrogen-bond acceptors (Lipinski definition) is 6. The zero-order chi connectivity index (χ0) is 24.1. The molecule has 3 heterocycles. The Balaban J connectivity index is 1.31. The Morgan fingerprint density at radius 3 is 2.26 bits per heavy atom. The number of likely N-dealkylation sites (tertiary alicyclic amines) is 1. The number of carbonyl (C=O) groups excluding carboxylic acids is 2. The fourth-order valence-electron chi connectivity index (χ4n) is 5.27. The highest BCUT2D eigenvalue weighted by Crippen LogP contribution is 2.41. The SMILES string of the molecule is O=C1[C@@H]2C[C@@H](O)CN2C2(CN(Cc3ccc(OC(F)(F)F)cc3)C2)C(=O)N1Cc1ccccc1. The molecule has 0 aliphatic carbocycles. The molecule has 2 atom stereocenters. The summed E-state index contributed by atoms with van der Waals surface area (Å²) in [6.45, 7) is 1.62. The van der Waals surface area contributed by atoms with E-state index in [2.05, 4.69) is 4.74 Å². The molecule has 2 amide bonds. The Kier molecular flexibility index (Phi) is 5.62. The molecule has 2 aromatic rings. The Hall–Kier alpha value is -2.95. The lowest BCUT2D eigenvalue weighted by Gasteiger charge is -2.58. The molecule has 0 radical (unpaired) electrons. The van der Waals surface area contributed by atoms with Crippen molar-refractivity contribution in [2.24, 2.45) is 0 Å². The smallest absolute Gasteiger partial charge is 0.406 e. The number of nitrogens with zero attached hydrogens (tertiary/aromatic N) is 3. The number of halogens is 3. The minimum Gasteiger partial charge on any atom is -0.406 e. The Morgan fingerprint density at radius 1 is 0.971 bits per heavy atom. The van der Waals surface area contributed by atoms with Gasteiger partial charge >= 0.3 is 6.36 Å². The molecule has 7 nitrogen and oxygen atoms in total. The molecule has 5 rings (SSSR count). The highest BCUT2D eigenvalue weighted by Gasteiger charge is 2.64. The van der Waals surface area contributed by atoms with Crippen molar-refractivity contribution in [3.05, 3.63) is 65.7 Å². The lowest BCUT2D eigenvalue weighted by atomic mass is 9.82. The van der Waals surface area contributed by atoms with Crippen molar-refractivity contribution >= 4 is 11.8 Å². The number of imide groups is 1. The van der Waals surface area contributed by atoms with Crippen LogP contribution in [0.15, 0.2) is 54.6 Å². The van der Waals surface area contributed by atoms with Crippen LogP contribution in [0.1, 0.15) is 17.5 Å². The van der Waals surface area contributed by atoms with Crippen LogP contribution < -0.4 is 4.74 Å². The zero-order valence-corrected chi connectivity index (χ0v) is 18.2. The van der Waals surface area contributed by atoms with Crippen LogP contribution in [0, 0.1) is 0 Å². The van der Waals surface area contributed by atoms with Crippen molar-refractivity contribution in [2.45, 2.75) is 43.6 Å². The summed E-state index contributed by atoms with van der Waals surface area (Å²) in [7, 11) is 0. The van der Waals surface area contributed by atoms with Crippen LogP contribution in [-0.2, 0) is 22.7 Å². The van der Waals surface area contributed by atoms with Gasteiger partial charge in [0, 0.05) is 26.2 Å². The second-order valence-corrected chi connectivity index (χ2v) is 9.14. The molecule has 0 aromatic heterocycles. The molecule has 3 aliphatic rings. The molecule has 2 aromatic carbocycles. The van der Waals surface area contributed by atoms with Crippen LogP contribution >= 0.6 is 0 Å². The van der Waals surface area contributed by atoms with Crippen LogP contribution in [-0.4, -0.2) is 75.3 Å². The lowest BCUT2D eigenvalue weighted by molar-refractivity contribution is -0.274. The molecular weight excluding hydrogens is 451 g/mol. The molecule has 3 aliphatic heterocycles. The molecular formula is C24H24F3N3O4. The summed E-state index contributed by atoms with van der Waals surface area (Å²) in [5, 5.41) is 10.3. The second-order valence-electron chi connectivity index (χ2n) is 9.14. The molecule has 34 heavy (non-hydrogen) atoms. The fraction of sp³-hybridized carbons (Fsp3) is 0.417. The monoisotopic (exact) mass is 475 g/mol. The molecule has 0 saturated carbocycles. The summed E-state index contributed by atoms with van der Waals surface area (Å²) >= 11 is 0. The van der Waals surface area contributed by atoms with Crippen molar-refractivity contribution in [2.75, 3.05) is 19.6 Å². The molecule has 3 saturated heterocycles. The van der Waals surface area contributed by atoms with Gasteiger partial charge < -0.3 is 9.84 Å². The first-order chi connectivity index (χ1) is 16.1. The minimum atomic E-state index is -4.74. The number of alkyl halides is 3. The zero-order valence-electron chi connectivity index (χ0n) is 18.2. The number of aliphatic hydroxyl groups excluding tert-OH is 1. The van der Waals surface area contributed by atoms with Crippen LogP contribution in [0.4, 0.5) is 13.2 Å². The van der Waals surface area contributed by atoms with Crippen LogP contribution in [0.5, 0.6) is 5.75 Å². The van der Waals surface area contributed by atoms with E-state index < -0.39 is 24.0 Å². The van der Waals surface area contributed by atoms with Gasteiger partial charge in [0.25, 0.3) is 5.91 Å². The summed E-state index contributed by atoms with van der Waals surface area (Å²) in [6, 6.07) is 14.4. The summed E-state index contributed by atoms with van der Waals surface area (Å²) in [6.07, 6.45) is -5.13. The van der Waals surface area contributed by atoms with Gasteiger partial charge in [0.2, 0.25) is 5.91 Å². The summed E-state index contributed by atoms with van der Waals surface area (Å²) in [5.41, 5.74) is 0.732. The molecule has 1 spiro atoms. The van der Waals surface area contributed by atoms with Gasteiger partial charge in [-0.15, -0.1) is 13.2 Å². The number of carbonyl (C=O) groups is 2. The Bertz CT molecular complexity index is 1070. The van der Waals surface area contributed by atoms with E-state index in [1.165, 1.54) is 17.0 Å². The van der Waals surface area contributed by atoms with Crippen molar-refractivity contribution in [3.63, 3.8) is 0 Å². The average molecular weight is 475 g/mol. The first kappa shape index (κ1) is 22.8. The number of rotatable bonds is 5. The first-order valence-electron chi connectivity index (χ1n) is 11.1. The van der Waals surface area contributed by atoms with E-state index in [1.54, 1.807) is 12.1 Å². The summed E-state index contributed by atoms with van der Waals surface area (Å²) in [5.74, 6) is -0.839. The van der Waals surface area contributed by atoms with Crippen molar-refractivity contribution in [3.8, 4) is 5.75 Å². The molecule has 3 fully saturated rings.